The minimum atomic E-state index is 0.616. The molecular weight excluding hydrogens is 174 g/mol. The van der Waals surface area contributed by atoms with Crippen LogP contribution in [0.4, 0.5) is 0 Å². The summed E-state index contributed by atoms with van der Waals surface area (Å²) in [5.41, 5.74) is 0. The smallest absolute Gasteiger partial charge is 0.0779 e. The lowest BCUT2D eigenvalue weighted by molar-refractivity contribution is 0.421. The number of rotatable bonds is 2. The topological polar surface area (TPSA) is 3.24 Å². The maximum Gasteiger partial charge on any atom is 0.0779 e. The van der Waals surface area contributed by atoms with E-state index >= 15 is 0 Å². The van der Waals surface area contributed by atoms with Crippen molar-refractivity contribution in [1.29, 1.82) is 0 Å². The number of hydrogen-bond acceptors (Lipinski definition) is 2. The minimum Gasteiger partial charge on any atom is -0.362 e. The third-order valence-corrected chi connectivity index (χ3v) is 3.16. The second kappa shape index (κ2) is 4.31. The van der Waals surface area contributed by atoms with E-state index in [-0.39, 0.29) is 0 Å². The Balaban J connectivity index is 2.49. The molecule has 1 nitrogen and oxygen atoms in total. The van der Waals surface area contributed by atoms with Crippen molar-refractivity contribution in [3.8, 4) is 0 Å². The van der Waals surface area contributed by atoms with Crippen molar-refractivity contribution < 1.29 is 0 Å². The first-order valence-electron chi connectivity index (χ1n) is 4.20. The molecule has 1 heterocycles. The molecule has 0 radical (unpaired) electrons. The molecule has 0 amide bonds. The third kappa shape index (κ3) is 2.09. The Labute approximate surface area is 79.6 Å². The molecule has 1 unspecified atom stereocenters. The van der Waals surface area contributed by atoms with Crippen LogP contribution in [0.1, 0.15) is 26.2 Å². The van der Waals surface area contributed by atoms with E-state index in [0.717, 1.165) is 23.7 Å². The van der Waals surface area contributed by atoms with Crippen molar-refractivity contribution >= 4 is 29.8 Å². The van der Waals surface area contributed by atoms with Gasteiger partial charge in [0, 0.05) is 18.3 Å². The summed E-state index contributed by atoms with van der Waals surface area (Å²) >= 11 is 9.56. The molecule has 1 aliphatic heterocycles. The van der Waals surface area contributed by atoms with Gasteiger partial charge in [-0.25, -0.2) is 0 Å². The average molecular weight is 189 g/mol. The minimum absolute atomic E-state index is 0.616. The van der Waals surface area contributed by atoms with E-state index in [1.54, 1.807) is 0 Å². The van der Waals surface area contributed by atoms with Crippen LogP contribution in [0.3, 0.4) is 0 Å². The first-order valence-corrected chi connectivity index (χ1v) is 5.24. The summed E-state index contributed by atoms with van der Waals surface area (Å²) in [6, 6.07) is 0.616. The predicted molar refractivity (Wildman–Crippen MR) is 56.5 cm³/mol. The maximum atomic E-state index is 5.25. The molecule has 0 aliphatic carbocycles. The van der Waals surface area contributed by atoms with Crippen LogP contribution >= 0.6 is 24.8 Å². The lowest BCUT2D eigenvalue weighted by Gasteiger charge is -2.25. The number of thiocarbonyl (C=S) groups is 1. The van der Waals surface area contributed by atoms with Gasteiger partial charge in [-0.05, 0) is 19.3 Å². The van der Waals surface area contributed by atoms with E-state index < -0.39 is 0 Å². The van der Waals surface area contributed by atoms with Crippen LogP contribution in [-0.2, 0) is 0 Å². The van der Waals surface area contributed by atoms with Gasteiger partial charge in [0.1, 0.15) is 0 Å². The van der Waals surface area contributed by atoms with E-state index in [2.05, 4.69) is 24.5 Å². The zero-order chi connectivity index (χ0) is 8.27. The van der Waals surface area contributed by atoms with Gasteiger partial charge >= 0.3 is 0 Å². The van der Waals surface area contributed by atoms with E-state index in [0.29, 0.717) is 6.04 Å². The number of likely N-dealkylation sites (tertiary alicyclic amines) is 1. The maximum absolute atomic E-state index is 5.25. The highest BCUT2D eigenvalue weighted by molar-refractivity contribution is 7.80. The summed E-state index contributed by atoms with van der Waals surface area (Å²) in [4.78, 5) is 3.45. The lowest BCUT2D eigenvalue weighted by atomic mass is 10.2. The van der Waals surface area contributed by atoms with Crippen LogP contribution in [0.2, 0.25) is 0 Å². The van der Waals surface area contributed by atoms with Crippen molar-refractivity contribution in [3.63, 3.8) is 0 Å². The van der Waals surface area contributed by atoms with Crippen LogP contribution in [-0.4, -0.2) is 28.2 Å². The zero-order valence-corrected chi connectivity index (χ0v) is 8.63. The monoisotopic (exact) mass is 189 g/mol. The van der Waals surface area contributed by atoms with Gasteiger partial charge in [-0.3, -0.25) is 0 Å². The summed E-state index contributed by atoms with van der Waals surface area (Å²) < 4.78 is 0. The van der Waals surface area contributed by atoms with E-state index in [9.17, 15) is 0 Å². The Hall–Kier alpha value is 0.240. The molecule has 0 saturated carbocycles. The van der Waals surface area contributed by atoms with Gasteiger partial charge in [-0.15, -0.1) is 0 Å². The largest absolute Gasteiger partial charge is 0.362 e. The first kappa shape index (κ1) is 9.33. The van der Waals surface area contributed by atoms with Gasteiger partial charge in [0.05, 0.1) is 4.99 Å². The standard InChI is InChI=1S/C8H15NS2/c1-2-8(11)9-5-3-4-7(9)6-10/h7,10H,2-6H2,1H3. The number of nitrogens with zero attached hydrogens (tertiary/aromatic N) is 1. The lowest BCUT2D eigenvalue weighted by Crippen LogP contribution is -2.34. The van der Waals surface area contributed by atoms with Crippen LogP contribution in [0.15, 0.2) is 0 Å². The molecule has 3 heteroatoms. The van der Waals surface area contributed by atoms with Gasteiger partial charge < -0.3 is 4.90 Å². The van der Waals surface area contributed by atoms with Crippen LogP contribution in [0.5, 0.6) is 0 Å². The summed E-state index contributed by atoms with van der Waals surface area (Å²) in [6.45, 7) is 3.27. The van der Waals surface area contributed by atoms with Gasteiger partial charge in [-0.1, -0.05) is 19.1 Å². The highest BCUT2D eigenvalue weighted by Gasteiger charge is 2.23. The fourth-order valence-electron chi connectivity index (χ4n) is 1.56. The second-order valence-corrected chi connectivity index (χ2v) is 3.76. The number of thiol groups is 1. The van der Waals surface area contributed by atoms with Gasteiger partial charge in [0.25, 0.3) is 0 Å². The Morgan fingerprint density at radius 1 is 1.73 bits per heavy atom. The van der Waals surface area contributed by atoms with Crippen molar-refractivity contribution in [2.24, 2.45) is 0 Å². The van der Waals surface area contributed by atoms with E-state index in [1.807, 2.05) is 0 Å². The summed E-state index contributed by atoms with van der Waals surface area (Å²) in [5.74, 6) is 0.945. The molecule has 0 spiro atoms. The van der Waals surface area contributed by atoms with Crippen molar-refractivity contribution in [1.82, 2.24) is 4.90 Å². The summed E-state index contributed by atoms with van der Waals surface area (Å²) in [6.07, 6.45) is 3.55. The fraction of sp³-hybridized carbons (Fsp3) is 0.875. The van der Waals surface area contributed by atoms with Crippen molar-refractivity contribution in [3.05, 3.63) is 0 Å². The zero-order valence-electron chi connectivity index (χ0n) is 6.92. The molecule has 1 rings (SSSR count). The van der Waals surface area contributed by atoms with E-state index in [4.69, 9.17) is 12.2 Å². The van der Waals surface area contributed by atoms with Gasteiger partial charge in [0.2, 0.25) is 0 Å². The molecule has 0 aromatic carbocycles. The fourth-order valence-corrected chi connectivity index (χ4v) is 2.18. The molecule has 1 aliphatic rings. The summed E-state index contributed by atoms with van der Waals surface area (Å²) in [7, 11) is 0. The molecule has 0 N–H and O–H groups in total. The quantitative estimate of drug-likeness (QED) is 0.523. The molecule has 1 atom stereocenters. The van der Waals surface area contributed by atoms with Crippen LogP contribution < -0.4 is 0 Å². The highest BCUT2D eigenvalue weighted by Crippen LogP contribution is 2.19. The average Bonchev–Trinajstić information content (AvgIpc) is 2.50. The third-order valence-electron chi connectivity index (χ3n) is 2.21. The second-order valence-electron chi connectivity index (χ2n) is 2.92. The van der Waals surface area contributed by atoms with Crippen LogP contribution in [0, 0.1) is 0 Å². The van der Waals surface area contributed by atoms with E-state index in [1.165, 1.54) is 12.8 Å². The highest BCUT2D eigenvalue weighted by atomic mass is 32.1. The molecule has 0 aromatic heterocycles. The van der Waals surface area contributed by atoms with Gasteiger partial charge in [-0.2, -0.15) is 12.6 Å². The molecule has 1 saturated heterocycles. The van der Waals surface area contributed by atoms with Crippen molar-refractivity contribution in [2.75, 3.05) is 12.3 Å². The summed E-state index contributed by atoms with van der Waals surface area (Å²) in [5, 5.41) is 0. The molecule has 11 heavy (non-hydrogen) atoms. The molecular formula is C8H15NS2. The Bertz CT molecular complexity index is 147. The molecule has 1 fully saturated rings. The van der Waals surface area contributed by atoms with Crippen molar-refractivity contribution in [2.45, 2.75) is 32.2 Å². The molecule has 64 valence electrons. The Morgan fingerprint density at radius 2 is 2.45 bits per heavy atom. The predicted octanol–water partition coefficient (Wildman–Crippen LogP) is 2.12. The molecule has 0 aromatic rings. The SMILES string of the molecule is CCC(=S)N1CCCC1CS. The van der Waals surface area contributed by atoms with Crippen LogP contribution in [0.25, 0.3) is 0 Å². The Morgan fingerprint density at radius 3 is 3.00 bits per heavy atom. The number of hydrogen-bond donors (Lipinski definition) is 1. The normalized spacial score (nSPS) is 24.2. The molecule has 0 bridgehead atoms. The first-order chi connectivity index (χ1) is 5.29. The Kier molecular flexibility index (Phi) is 3.66. The van der Waals surface area contributed by atoms with Gasteiger partial charge in [0.15, 0.2) is 0 Å².